The van der Waals surface area contributed by atoms with E-state index in [2.05, 4.69) is 13.8 Å². The van der Waals surface area contributed by atoms with Gasteiger partial charge < -0.3 is 0 Å². The Morgan fingerprint density at radius 2 is 2.00 bits per heavy atom. The average Bonchev–Trinajstić information content (AvgIpc) is 1.81. The normalized spacial score (nSPS) is 10.8. The molecule has 0 aliphatic heterocycles. The minimum absolute atomic E-state index is 0.273. The van der Waals surface area contributed by atoms with Gasteiger partial charge in [0.15, 0.2) is 0 Å². The van der Waals surface area contributed by atoms with Gasteiger partial charge in [-0.1, -0.05) is 25.4 Å². The monoisotopic (exact) mass is 204 g/mol. The maximum Gasteiger partial charge on any atom is 0.125 e. The van der Waals surface area contributed by atoms with Crippen LogP contribution in [0, 0.1) is 5.82 Å². The number of benzene rings is 1. The van der Waals surface area contributed by atoms with E-state index in [0.29, 0.717) is 10.3 Å². The third-order valence-electron chi connectivity index (χ3n) is 1.21. The van der Waals surface area contributed by atoms with Crippen LogP contribution < -0.4 is 0 Å². The Hall–Kier alpha value is -0.210. The average molecular weight is 205 g/mol. The molecule has 0 unspecified atom stereocenters. The standard InChI is InChI=1S/C9H10ClFS/c1-6(2)12-9-4-7(10)3-8(11)5-9/h3-6H,1-2H3. The Labute approximate surface area is 81.1 Å². The SMILES string of the molecule is CC(C)Sc1cc(F)cc(Cl)c1. The summed E-state index contributed by atoms with van der Waals surface area (Å²) < 4.78 is 12.8. The third-order valence-corrected chi connectivity index (χ3v) is 2.41. The van der Waals surface area contributed by atoms with Gasteiger partial charge in [-0.25, -0.2) is 4.39 Å². The number of hydrogen-bond acceptors (Lipinski definition) is 1. The highest BCUT2D eigenvalue weighted by atomic mass is 35.5. The fourth-order valence-corrected chi connectivity index (χ4v) is 2.08. The zero-order valence-corrected chi connectivity index (χ0v) is 8.55. The summed E-state index contributed by atoms with van der Waals surface area (Å²) in [4.78, 5) is 0.884. The second-order valence-electron chi connectivity index (χ2n) is 2.77. The van der Waals surface area contributed by atoms with Crippen LogP contribution in [0.3, 0.4) is 0 Å². The fourth-order valence-electron chi connectivity index (χ4n) is 0.869. The molecule has 66 valence electrons. The van der Waals surface area contributed by atoms with E-state index < -0.39 is 0 Å². The molecule has 0 N–H and O–H groups in total. The summed E-state index contributed by atoms with van der Waals surface area (Å²) in [6.07, 6.45) is 0. The number of rotatable bonds is 2. The molecule has 0 bridgehead atoms. The minimum atomic E-state index is -0.273. The predicted octanol–water partition coefficient (Wildman–Crippen LogP) is 3.98. The van der Waals surface area contributed by atoms with Crippen LogP contribution in [0.15, 0.2) is 23.1 Å². The lowest BCUT2D eigenvalue weighted by Crippen LogP contribution is -1.86. The molecule has 0 aliphatic carbocycles. The van der Waals surface area contributed by atoms with E-state index in [4.69, 9.17) is 11.6 Å². The van der Waals surface area contributed by atoms with Crippen molar-refractivity contribution >= 4 is 23.4 Å². The van der Waals surface area contributed by atoms with E-state index in [1.807, 2.05) is 0 Å². The highest BCUT2D eigenvalue weighted by Crippen LogP contribution is 2.26. The van der Waals surface area contributed by atoms with Gasteiger partial charge in [-0.3, -0.25) is 0 Å². The smallest absolute Gasteiger partial charge is 0.125 e. The number of hydrogen-bond donors (Lipinski definition) is 0. The van der Waals surface area contributed by atoms with Crippen molar-refractivity contribution in [3.05, 3.63) is 29.0 Å². The van der Waals surface area contributed by atoms with E-state index in [-0.39, 0.29) is 5.82 Å². The molecule has 0 nitrogen and oxygen atoms in total. The van der Waals surface area contributed by atoms with E-state index in [9.17, 15) is 4.39 Å². The van der Waals surface area contributed by atoms with Gasteiger partial charge in [-0.05, 0) is 18.2 Å². The number of halogens is 2. The maximum atomic E-state index is 12.8. The zero-order chi connectivity index (χ0) is 9.14. The molecule has 0 atom stereocenters. The molecule has 0 spiro atoms. The van der Waals surface area contributed by atoms with E-state index >= 15 is 0 Å². The van der Waals surface area contributed by atoms with Crippen LogP contribution in [-0.4, -0.2) is 5.25 Å². The summed E-state index contributed by atoms with van der Waals surface area (Å²) in [5, 5.41) is 0.904. The lowest BCUT2D eigenvalue weighted by Gasteiger charge is -2.04. The topological polar surface area (TPSA) is 0 Å². The summed E-state index contributed by atoms with van der Waals surface area (Å²) in [5.41, 5.74) is 0. The fraction of sp³-hybridized carbons (Fsp3) is 0.333. The molecule has 3 heteroatoms. The van der Waals surface area contributed by atoms with Crippen LogP contribution in [0.4, 0.5) is 4.39 Å². The van der Waals surface area contributed by atoms with Crippen molar-refractivity contribution in [1.82, 2.24) is 0 Å². The van der Waals surface area contributed by atoms with Gasteiger partial charge in [0.1, 0.15) is 5.82 Å². The largest absolute Gasteiger partial charge is 0.207 e. The molecule has 1 aromatic rings. The van der Waals surface area contributed by atoms with E-state index in [0.717, 1.165) is 4.90 Å². The second-order valence-corrected chi connectivity index (χ2v) is 4.86. The highest BCUT2D eigenvalue weighted by Gasteiger charge is 2.01. The van der Waals surface area contributed by atoms with E-state index in [1.54, 1.807) is 17.8 Å². The first-order chi connectivity index (χ1) is 5.58. The van der Waals surface area contributed by atoms with Gasteiger partial charge in [0.2, 0.25) is 0 Å². The second kappa shape index (κ2) is 4.15. The zero-order valence-electron chi connectivity index (χ0n) is 6.97. The lowest BCUT2D eigenvalue weighted by atomic mass is 10.3. The molecule has 0 aliphatic rings. The summed E-state index contributed by atoms with van der Waals surface area (Å²) >= 11 is 7.28. The van der Waals surface area contributed by atoms with Gasteiger partial charge in [0, 0.05) is 15.2 Å². The summed E-state index contributed by atoms with van der Waals surface area (Å²) in [6, 6.07) is 4.58. The van der Waals surface area contributed by atoms with Gasteiger partial charge in [-0.2, -0.15) is 0 Å². The summed E-state index contributed by atoms with van der Waals surface area (Å²) in [6.45, 7) is 4.12. The first-order valence-electron chi connectivity index (χ1n) is 3.70. The maximum absolute atomic E-state index is 12.8. The van der Waals surface area contributed by atoms with Crippen LogP contribution in [0.1, 0.15) is 13.8 Å². The van der Waals surface area contributed by atoms with Crippen LogP contribution in [0.2, 0.25) is 5.02 Å². The van der Waals surface area contributed by atoms with Gasteiger partial charge in [-0.15, -0.1) is 11.8 Å². The van der Waals surface area contributed by atoms with Crippen molar-refractivity contribution in [2.75, 3.05) is 0 Å². The van der Waals surface area contributed by atoms with Crippen LogP contribution >= 0.6 is 23.4 Å². The first-order valence-corrected chi connectivity index (χ1v) is 4.96. The molecule has 1 aromatic carbocycles. The molecular formula is C9H10ClFS. The van der Waals surface area contributed by atoms with Gasteiger partial charge in [0.25, 0.3) is 0 Å². The molecule has 0 aromatic heterocycles. The van der Waals surface area contributed by atoms with Crippen molar-refractivity contribution in [2.24, 2.45) is 0 Å². The van der Waals surface area contributed by atoms with Crippen LogP contribution in [0.25, 0.3) is 0 Å². The van der Waals surface area contributed by atoms with Crippen molar-refractivity contribution in [1.29, 1.82) is 0 Å². The van der Waals surface area contributed by atoms with Crippen LogP contribution in [0.5, 0.6) is 0 Å². The van der Waals surface area contributed by atoms with Crippen molar-refractivity contribution in [3.63, 3.8) is 0 Å². The molecular weight excluding hydrogens is 195 g/mol. The Bertz CT molecular complexity index is 253. The van der Waals surface area contributed by atoms with Gasteiger partial charge in [0.05, 0.1) is 0 Å². The Balaban J connectivity index is 2.85. The Morgan fingerprint density at radius 1 is 1.33 bits per heavy atom. The molecule has 0 saturated carbocycles. The lowest BCUT2D eigenvalue weighted by molar-refractivity contribution is 0.624. The van der Waals surface area contributed by atoms with E-state index in [1.165, 1.54) is 12.1 Å². The quantitative estimate of drug-likeness (QED) is 0.657. The predicted molar refractivity (Wildman–Crippen MR) is 52.4 cm³/mol. The number of thioether (sulfide) groups is 1. The minimum Gasteiger partial charge on any atom is -0.207 e. The third kappa shape index (κ3) is 3.03. The summed E-state index contributed by atoms with van der Waals surface area (Å²) in [5.74, 6) is -0.273. The summed E-state index contributed by atoms with van der Waals surface area (Å²) in [7, 11) is 0. The molecule has 0 amide bonds. The van der Waals surface area contributed by atoms with Crippen molar-refractivity contribution in [2.45, 2.75) is 24.0 Å². The van der Waals surface area contributed by atoms with Crippen LogP contribution in [-0.2, 0) is 0 Å². The Kier molecular flexibility index (Phi) is 3.41. The molecule has 0 saturated heterocycles. The molecule has 0 fully saturated rings. The van der Waals surface area contributed by atoms with Crippen molar-refractivity contribution < 1.29 is 4.39 Å². The molecule has 0 radical (unpaired) electrons. The van der Waals surface area contributed by atoms with Crippen molar-refractivity contribution in [3.8, 4) is 0 Å². The highest BCUT2D eigenvalue weighted by molar-refractivity contribution is 7.99. The molecule has 12 heavy (non-hydrogen) atoms. The first kappa shape index (κ1) is 9.87. The Morgan fingerprint density at radius 3 is 2.50 bits per heavy atom. The molecule has 0 heterocycles. The van der Waals surface area contributed by atoms with Gasteiger partial charge >= 0.3 is 0 Å². The molecule has 1 rings (SSSR count).